The molecule has 1 aliphatic rings. The molecular formula is C15H18FNO3. The first-order chi connectivity index (χ1) is 9.60. The lowest BCUT2D eigenvalue weighted by atomic mass is 10.1. The summed E-state index contributed by atoms with van der Waals surface area (Å²) in [6.07, 6.45) is 4.06. The lowest BCUT2D eigenvalue weighted by Gasteiger charge is -2.29. The molecule has 0 unspecified atom stereocenters. The molecule has 0 radical (unpaired) electrons. The first-order valence-corrected chi connectivity index (χ1v) is 6.58. The molecule has 1 heterocycles. The number of amides is 1. The van der Waals surface area contributed by atoms with Gasteiger partial charge in [0.25, 0.3) is 0 Å². The van der Waals surface area contributed by atoms with Crippen molar-refractivity contribution in [3.05, 3.63) is 35.7 Å². The summed E-state index contributed by atoms with van der Waals surface area (Å²) in [6, 6.07) is 4.51. The fraction of sp³-hybridized carbons (Fsp3) is 0.400. The van der Waals surface area contributed by atoms with Crippen LogP contribution < -0.4 is 4.74 Å². The number of halogens is 1. The van der Waals surface area contributed by atoms with Crippen molar-refractivity contribution in [1.82, 2.24) is 4.90 Å². The molecule has 2 rings (SSSR count). The van der Waals surface area contributed by atoms with Crippen molar-refractivity contribution in [2.45, 2.75) is 18.9 Å². The van der Waals surface area contributed by atoms with E-state index in [1.807, 2.05) is 0 Å². The normalized spacial score (nSPS) is 19.4. The third-order valence-corrected chi connectivity index (χ3v) is 3.30. The molecule has 0 aliphatic carbocycles. The van der Waals surface area contributed by atoms with Crippen molar-refractivity contribution in [2.75, 3.05) is 20.2 Å². The van der Waals surface area contributed by atoms with E-state index in [0.717, 1.165) is 12.8 Å². The van der Waals surface area contributed by atoms with Crippen LogP contribution in [0.3, 0.4) is 0 Å². The van der Waals surface area contributed by atoms with Crippen LogP contribution in [0, 0.1) is 5.82 Å². The summed E-state index contributed by atoms with van der Waals surface area (Å²) in [5.74, 6) is -0.455. The monoisotopic (exact) mass is 279 g/mol. The van der Waals surface area contributed by atoms with Gasteiger partial charge in [0.15, 0.2) is 11.6 Å². The lowest BCUT2D eigenvalue weighted by Crippen LogP contribution is -2.41. The molecule has 1 atom stereocenters. The van der Waals surface area contributed by atoms with Gasteiger partial charge in [-0.05, 0) is 36.6 Å². The number of carbonyl (C=O) groups excluding carboxylic acids is 1. The molecule has 108 valence electrons. The van der Waals surface area contributed by atoms with Gasteiger partial charge in [-0.1, -0.05) is 6.07 Å². The number of hydrogen-bond acceptors (Lipinski definition) is 3. The Hall–Kier alpha value is -1.88. The molecular weight excluding hydrogens is 261 g/mol. The van der Waals surface area contributed by atoms with Gasteiger partial charge in [0.2, 0.25) is 5.91 Å². The molecule has 1 aromatic rings. The maximum absolute atomic E-state index is 13.5. The summed E-state index contributed by atoms with van der Waals surface area (Å²) in [5, 5.41) is 9.53. The lowest BCUT2D eigenvalue weighted by molar-refractivity contribution is -0.128. The number of likely N-dealkylation sites (tertiary alicyclic amines) is 1. The van der Waals surface area contributed by atoms with Gasteiger partial charge in [-0.3, -0.25) is 4.79 Å². The molecule has 0 saturated carbocycles. The van der Waals surface area contributed by atoms with E-state index in [-0.39, 0.29) is 11.7 Å². The molecule has 1 aromatic carbocycles. The number of ether oxygens (including phenoxy) is 1. The topological polar surface area (TPSA) is 49.8 Å². The van der Waals surface area contributed by atoms with Gasteiger partial charge in [-0.2, -0.15) is 0 Å². The van der Waals surface area contributed by atoms with Crippen molar-refractivity contribution in [3.8, 4) is 5.75 Å². The average Bonchev–Trinajstić information content (AvgIpc) is 2.45. The quantitative estimate of drug-likeness (QED) is 0.859. The highest BCUT2D eigenvalue weighted by Gasteiger charge is 2.20. The van der Waals surface area contributed by atoms with Crippen molar-refractivity contribution in [3.63, 3.8) is 0 Å². The van der Waals surface area contributed by atoms with E-state index in [2.05, 4.69) is 0 Å². The largest absolute Gasteiger partial charge is 0.494 e. The Morgan fingerprint density at radius 3 is 3.00 bits per heavy atom. The minimum absolute atomic E-state index is 0.167. The summed E-state index contributed by atoms with van der Waals surface area (Å²) in [4.78, 5) is 13.5. The maximum atomic E-state index is 13.5. The van der Waals surface area contributed by atoms with E-state index in [9.17, 15) is 14.3 Å². The highest BCUT2D eigenvalue weighted by Crippen LogP contribution is 2.18. The van der Waals surface area contributed by atoms with Gasteiger partial charge >= 0.3 is 0 Å². The smallest absolute Gasteiger partial charge is 0.246 e. The number of aliphatic hydroxyl groups is 1. The fourth-order valence-electron chi connectivity index (χ4n) is 2.21. The number of methoxy groups -OCH3 is 1. The number of aliphatic hydroxyl groups excluding tert-OH is 1. The zero-order valence-electron chi connectivity index (χ0n) is 11.4. The Labute approximate surface area is 117 Å². The standard InChI is InChI=1S/C15H18FNO3/c1-20-14-6-4-11(9-13(14)16)5-7-15(19)17-8-2-3-12(18)10-17/h4-7,9,12,18H,2-3,8,10H2,1H3/b7-5+/t12-/m1/s1. The average molecular weight is 279 g/mol. The zero-order valence-corrected chi connectivity index (χ0v) is 11.4. The van der Waals surface area contributed by atoms with E-state index >= 15 is 0 Å². The second-order valence-electron chi connectivity index (χ2n) is 4.81. The van der Waals surface area contributed by atoms with E-state index in [1.54, 1.807) is 17.0 Å². The summed E-state index contributed by atoms with van der Waals surface area (Å²) >= 11 is 0. The first kappa shape index (κ1) is 14.5. The highest BCUT2D eigenvalue weighted by molar-refractivity contribution is 5.91. The van der Waals surface area contributed by atoms with Crippen molar-refractivity contribution in [1.29, 1.82) is 0 Å². The van der Waals surface area contributed by atoms with Gasteiger partial charge in [-0.25, -0.2) is 4.39 Å². The minimum Gasteiger partial charge on any atom is -0.494 e. The maximum Gasteiger partial charge on any atom is 0.246 e. The van der Waals surface area contributed by atoms with Crippen molar-refractivity contribution >= 4 is 12.0 Å². The number of benzene rings is 1. The van der Waals surface area contributed by atoms with E-state index in [0.29, 0.717) is 18.7 Å². The van der Waals surface area contributed by atoms with Gasteiger partial charge in [-0.15, -0.1) is 0 Å². The summed E-state index contributed by atoms with van der Waals surface area (Å²) < 4.78 is 18.3. The number of carbonyl (C=O) groups is 1. The van der Waals surface area contributed by atoms with E-state index in [1.165, 1.54) is 25.3 Å². The van der Waals surface area contributed by atoms with Gasteiger partial charge in [0.1, 0.15) is 0 Å². The predicted octanol–water partition coefficient (Wildman–Crippen LogP) is 1.83. The Bertz CT molecular complexity index is 516. The van der Waals surface area contributed by atoms with E-state index in [4.69, 9.17) is 4.74 Å². The molecule has 1 aliphatic heterocycles. The molecule has 0 aromatic heterocycles. The Morgan fingerprint density at radius 2 is 2.35 bits per heavy atom. The number of rotatable bonds is 3. The Morgan fingerprint density at radius 1 is 1.55 bits per heavy atom. The molecule has 1 fully saturated rings. The first-order valence-electron chi connectivity index (χ1n) is 6.58. The van der Waals surface area contributed by atoms with Crippen LogP contribution in [0.5, 0.6) is 5.75 Å². The van der Waals surface area contributed by atoms with Crippen LogP contribution in [-0.2, 0) is 4.79 Å². The molecule has 1 amide bonds. The van der Waals surface area contributed by atoms with Crippen LogP contribution in [-0.4, -0.2) is 42.2 Å². The number of β-amino-alcohol motifs (C(OH)–C–C–N with tert-alkyl or cyclic N) is 1. The molecule has 5 heteroatoms. The molecule has 0 spiro atoms. The fourth-order valence-corrected chi connectivity index (χ4v) is 2.21. The molecule has 0 bridgehead atoms. The van der Waals surface area contributed by atoms with Crippen molar-refractivity contribution in [2.24, 2.45) is 0 Å². The van der Waals surface area contributed by atoms with Gasteiger partial charge in [0, 0.05) is 19.2 Å². The Balaban J connectivity index is 2.01. The third kappa shape index (κ3) is 3.57. The minimum atomic E-state index is -0.463. The predicted molar refractivity (Wildman–Crippen MR) is 73.8 cm³/mol. The van der Waals surface area contributed by atoms with Gasteiger partial charge in [0.05, 0.1) is 13.2 Å². The van der Waals surface area contributed by atoms with Gasteiger partial charge < -0.3 is 14.7 Å². The highest BCUT2D eigenvalue weighted by atomic mass is 19.1. The second kappa shape index (κ2) is 6.52. The second-order valence-corrected chi connectivity index (χ2v) is 4.81. The van der Waals surface area contributed by atoms with Crippen LogP contribution in [0.1, 0.15) is 18.4 Å². The van der Waals surface area contributed by atoms with Crippen LogP contribution in [0.2, 0.25) is 0 Å². The SMILES string of the molecule is COc1ccc(/C=C/C(=O)N2CCC[C@@H](O)C2)cc1F. The van der Waals surface area contributed by atoms with Crippen LogP contribution >= 0.6 is 0 Å². The molecule has 4 nitrogen and oxygen atoms in total. The number of hydrogen-bond donors (Lipinski definition) is 1. The number of piperidine rings is 1. The summed E-state index contributed by atoms with van der Waals surface area (Å²) in [6.45, 7) is 1.01. The summed E-state index contributed by atoms with van der Waals surface area (Å²) in [5.41, 5.74) is 0.592. The van der Waals surface area contributed by atoms with Crippen LogP contribution in [0.4, 0.5) is 4.39 Å². The zero-order chi connectivity index (χ0) is 14.5. The Kier molecular flexibility index (Phi) is 4.74. The molecule has 1 N–H and O–H groups in total. The van der Waals surface area contributed by atoms with Crippen LogP contribution in [0.25, 0.3) is 6.08 Å². The van der Waals surface area contributed by atoms with Crippen molar-refractivity contribution < 1.29 is 19.0 Å². The third-order valence-electron chi connectivity index (χ3n) is 3.30. The van der Waals surface area contributed by atoms with Crippen LogP contribution in [0.15, 0.2) is 24.3 Å². The molecule has 20 heavy (non-hydrogen) atoms. The molecule has 1 saturated heterocycles. The van der Waals surface area contributed by atoms with E-state index < -0.39 is 11.9 Å². The number of nitrogens with zero attached hydrogens (tertiary/aromatic N) is 1. The summed E-state index contributed by atoms with van der Waals surface area (Å²) in [7, 11) is 1.40.